The number of hydrogen-bond acceptors (Lipinski definition) is 4. The van der Waals surface area contributed by atoms with E-state index in [2.05, 4.69) is 11.4 Å². The van der Waals surface area contributed by atoms with E-state index in [1.165, 1.54) is 9.18 Å². The van der Waals surface area contributed by atoms with Gasteiger partial charge >= 0.3 is 0 Å². The molecule has 1 N–H and O–H groups in total. The third-order valence-corrected chi connectivity index (χ3v) is 8.30. The van der Waals surface area contributed by atoms with Crippen LogP contribution in [0.1, 0.15) is 17.7 Å². The van der Waals surface area contributed by atoms with Crippen molar-refractivity contribution in [2.24, 2.45) is 13.0 Å². The van der Waals surface area contributed by atoms with Crippen LogP contribution in [0.3, 0.4) is 0 Å². The van der Waals surface area contributed by atoms with Gasteiger partial charge in [-0.05, 0) is 55.0 Å². The zero-order valence-electron chi connectivity index (χ0n) is 16.4. The van der Waals surface area contributed by atoms with Gasteiger partial charge < -0.3 is 9.88 Å². The second kappa shape index (κ2) is 8.30. The number of benzene rings is 1. The minimum atomic E-state index is -3.62. The highest BCUT2D eigenvalue weighted by molar-refractivity contribution is 7.89. The Bertz CT molecular complexity index is 1100. The number of nitrogens with zero attached hydrogens (tertiary/aromatic N) is 2. The maximum atomic E-state index is 13.2. The molecule has 3 heterocycles. The number of carbonyl (C=O) groups excluding carboxylic acids is 1. The first-order valence-electron chi connectivity index (χ1n) is 9.80. The van der Waals surface area contributed by atoms with E-state index in [0.29, 0.717) is 25.9 Å². The molecule has 1 aromatic carbocycles. The molecule has 3 aromatic rings. The lowest BCUT2D eigenvalue weighted by atomic mass is 9.99. The highest BCUT2D eigenvalue weighted by Crippen LogP contribution is 2.26. The van der Waals surface area contributed by atoms with Crippen LogP contribution in [0.2, 0.25) is 0 Å². The van der Waals surface area contributed by atoms with Crippen LogP contribution in [0.25, 0.3) is 10.9 Å². The summed E-state index contributed by atoms with van der Waals surface area (Å²) >= 11 is 1.67. The molecule has 154 valence electrons. The lowest BCUT2D eigenvalue weighted by Gasteiger charge is -2.31. The van der Waals surface area contributed by atoms with Crippen molar-refractivity contribution in [1.29, 1.82) is 0 Å². The van der Waals surface area contributed by atoms with E-state index in [-0.39, 0.29) is 23.3 Å². The van der Waals surface area contributed by atoms with E-state index >= 15 is 0 Å². The molecule has 0 radical (unpaired) electrons. The molecule has 1 fully saturated rings. The summed E-state index contributed by atoms with van der Waals surface area (Å²) < 4.78 is 29.8. The number of aryl methyl sites for hydroxylation is 1. The minimum absolute atomic E-state index is 0.0556. The zero-order chi connectivity index (χ0) is 20.4. The van der Waals surface area contributed by atoms with Gasteiger partial charge in [-0.3, -0.25) is 4.79 Å². The second-order valence-corrected chi connectivity index (χ2v) is 10.4. The number of rotatable bonds is 6. The van der Waals surface area contributed by atoms with Gasteiger partial charge in [-0.1, -0.05) is 6.07 Å². The smallest absolute Gasteiger partial charge is 0.243 e. The second-order valence-electron chi connectivity index (χ2n) is 7.47. The minimum Gasteiger partial charge on any atom is -0.355 e. The molecule has 0 unspecified atom stereocenters. The number of hydrogen-bond donors (Lipinski definition) is 1. The maximum absolute atomic E-state index is 13.2. The predicted molar refractivity (Wildman–Crippen MR) is 115 cm³/mol. The van der Waals surface area contributed by atoms with Crippen LogP contribution in [-0.2, 0) is 28.3 Å². The van der Waals surface area contributed by atoms with Gasteiger partial charge in [0.15, 0.2) is 0 Å². The topological polar surface area (TPSA) is 71.4 Å². The fourth-order valence-electron chi connectivity index (χ4n) is 3.85. The summed E-state index contributed by atoms with van der Waals surface area (Å²) in [6.07, 6.45) is 4.12. The fourth-order valence-corrected chi connectivity index (χ4v) is 6.12. The van der Waals surface area contributed by atoms with Crippen molar-refractivity contribution >= 4 is 38.2 Å². The molecule has 8 heteroatoms. The van der Waals surface area contributed by atoms with Crippen LogP contribution in [-0.4, -0.2) is 42.8 Å². The summed E-state index contributed by atoms with van der Waals surface area (Å²) in [6.45, 7) is 1.27. The van der Waals surface area contributed by atoms with Crippen molar-refractivity contribution in [3.8, 4) is 0 Å². The molecule has 0 spiro atoms. The van der Waals surface area contributed by atoms with Crippen molar-refractivity contribution in [3.05, 3.63) is 52.9 Å². The van der Waals surface area contributed by atoms with Gasteiger partial charge in [0, 0.05) is 48.7 Å². The summed E-state index contributed by atoms with van der Waals surface area (Å²) in [6, 6.07) is 11.2. The van der Waals surface area contributed by atoms with Gasteiger partial charge in [0.25, 0.3) is 0 Å². The first kappa shape index (κ1) is 20.1. The maximum Gasteiger partial charge on any atom is 0.243 e. The Morgan fingerprint density at radius 2 is 2.14 bits per heavy atom. The standard InChI is InChI=1S/C21H25N3O3S2/c1-23-12-9-16-14-19(6-7-20(16)23)29(26,27)24-11-2-4-17(15-24)21(25)22-10-8-18-5-3-13-28-18/h3,5-7,9,12-14,17H,2,4,8,10-11,15H2,1H3,(H,22,25)/t17-/m0/s1. The van der Waals surface area contributed by atoms with Gasteiger partial charge in [0.05, 0.1) is 10.8 Å². The molecular weight excluding hydrogens is 406 g/mol. The summed E-state index contributed by atoms with van der Waals surface area (Å²) in [4.78, 5) is 14.1. The van der Waals surface area contributed by atoms with Crippen LogP contribution in [0.5, 0.6) is 0 Å². The molecule has 0 aliphatic carbocycles. The Hall–Kier alpha value is -2.16. The molecule has 4 rings (SSSR count). The molecular formula is C21H25N3O3S2. The molecule has 6 nitrogen and oxygen atoms in total. The zero-order valence-corrected chi connectivity index (χ0v) is 18.0. The Morgan fingerprint density at radius 3 is 2.93 bits per heavy atom. The Morgan fingerprint density at radius 1 is 1.28 bits per heavy atom. The van der Waals surface area contributed by atoms with Crippen molar-refractivity contribution in [3.63, 3.8) is 0 Å². The van der Waals surface area contributed by atoms with Gasteiger partial charge in [-0.25, -0.2) is 8.42 Å². The van der Waals surface area contributed by atoms with Crippen LogP contribution in [0, 0.1) is 5.92 Å². The number of carbonyl (C=O) groups is 1. The molecule has 1 aliphatic heterocycles. The van der Waals surface area contributed by atoms with E-state index in [9.17, 15) is 13.2 Å². The molecule has 0 saturated carbocycles. The van der Waals surface area contributed by atoms with E-state index in [1.54, 1.807) is 23.5 Å². The summed E-state index contributed by atoms with van der Waals surface area (Å²) in [5, 5.41) is 5.89. The number of nitrogens with one attached hydrogen (secondary N) is 1. The quantitative estimate of drug-likeness (QED) is 0.652. The Balaban J connectivity index is 1.42. The van der Waals surface area contributed by atoms with E-state index in [0.717, 1.165) is 17.3 Å². The van der Waals surface area contributed by atoms with E-state index < -0.39 is 10.0 Å². The SMILES string of the molecule is Cn1ccc2cc(S(=O)(=O)N3CCC[C@H](C(=O)NCCc4cccs4)C3)ccc21. The summed E-state index contributed by atoms with van der Waals surface area (Å²) in [5.74, 6) is -0.359. The van der Waals surface area contributed by atoms with Gasteiger partial charge in [0.1, 0.15) is 0 Å². The first-order valence-corrected chi connectivity index (χ1v) is 12.1. The number of thiophene rings is 1. The molecule has 1 amide bonds. The number of amides is 1. The number of piperidine rings is 1. The number of aromatic nitrogens is 1. The predicted octanol–water partition coefficient (Wildman–Crippen LogP) is 3.00. The van der Waals surface area contributed by atoms with E-state index in [4.69, 9.17) is 0 Å². The van der Waals surface area contributed by atoms with Crippen molar-refractivity contribution in [2.75, 3.05) is 19.6 Å². The largest absolute Gasteiger partial charge is 0.355 e. The molecule has 1 aliphatic rings. The summed E-state index contributed by atoms with van der Waals surface area (Å²) in [7, 11) is -1.69. The van der Waals surface area contributed by atoms with Crippen molar-refractivity contribution in [1.82, 2.24) is 14.2 Å². The Kier molecular flexibility index (Phi) is 5.76. The molecule has 29 heavy (non-hydrogen) atoms. The third kappa shape index (κ3) is 4.24. The van der Waals surface area contributed by atoms with Gasteiger partial charge in [0.2, 0.25) is 15.9 Å². The van der Waals surface area contributed by atoms with Crippen molar-refractivity contribution in [2.45, 2.75) is 24.2 Å². The monoisotopic (exact) mass is 431 g/mol. The molecule has 1 saturated heterocycles. The first-order chi connectivity index (χ1) is 13.9. The highest BCUT2D eigenvalue weighted by atomic mass is 32.2. The lowest BCUT2D eigenvalue weighted by Crippen LogP contribution is -2.45. The number of sulfonamides is 1. The summed E-state index contributed by atoms with van der Waals surface area (Å²) in [5.41, 5.74) is 0.991. The fraction of sp³-hybridized carbons (Fsp3) is 0.381. The van der Waals surface area contributed by atoms with Crippen LogP contribution in [0.4, 0.5) is 0 Å². The average molecular weight is 432 g/mol. The highest BCUT2D eigenvalue weighted by Gasteiger charge is 2.33. The Labute approximate surface area is 175 Å². The van der Waals surface area contributed by atoms with Crippen molar-refractivity contribution < 1.29 is 13.2 Å². The molecule has 0 bridgehead atoms. The van der Waals surface area contributed by atoms with E-state index in [1.807, 2.05) is 41.4 Å². The third-order valence-electron chi connectivity index (χ3n) is 5.50. The van der Waals surface area contributed by atoms with Gasteiger partial charge in [-0.15, -0.1) is 11.3 Å². The van der Waals surface area contributed by atoms with Crippen LogP contribution >= 0.6 is 11.3 Å². The molecule has 2 aromatic heterocycles. The van der Waals surface area contributed by atoms with Crippen LogP contribution in [0.15, 0.2) is 52.9 Å². The lowest BCUT2D eigenvalue weighted by molar-refractivity contribution is -0.126. The number of fused-ring (bicyclic) bond motifs is 1. The molecule has 1 atom stereocenters. The average Bonchev–Trinajstić information content (AvgIpc) is 3.38. The normalized spacial score (nSPS) is 18.2. The van der Waals surface area contributed by atoms with Gasteiger partial charge in [-0.2, -0.15) is 4.31 Å². The van der Waals surface area contributed by atoms with Crippen LogP contribution < -0.4 is 5.32 Å².